The Labute approximate surface area is 343 Å². The molecule has 1 atom stereocenters. The van der Waals surface area contributed by atoms with Crippen LogP contribution in [0.5, 0.6) is 0 Å². The number of amides is 1. The Balaban J connectivity index is 1.08. The number of hydrogen-bond donors (Lipinski definition) is 2. The standard InChI is InChI=1S/C42H39F6N3O5S3/c1-28(27-57-35-8-3-2-4-9-35)49-38-20-19-36(26-39(38)58(53,54)42(46,47)48)59(55,56)50-40(52)31-13-17-34(18-14-31)51-23-21-29(22-24-51)25-32-7-5-6-10-37(32)30-11-15-33(16-12-30)41(43,44)45/h2-20,26,28-29,49H,21-25,27H2,1H3,(H,50,52)/t28-/m1/s1. The fourth-order valence-corrected chi connectivity index (χ4v) is 9.67. The molecule has 312 valence electrons. The smallest absolute Gasteiger partial charge is 0.381 e. The van der Waals surface area contributed by atoms with Gasteiger partial charge in [-0.25, -0.2) is 21.6 Å². The maximum absolute atomic E-state index is 13.8. The van der Waals surface area contributed by atoms with Crippen LogP contribution in [0.1, 0.15) is 41.3 Å². The quantitative estimate of drug-likeness (QED) is 0.0889. The number of alkyl halides is 6. The number of nitrogens with zero attached hydrogens (tertiary/aromatic N) is 1. The minimum atomic E-state index is -6.02. The predicted octanol–water partition coefficient (Wildman–Crippen LogP) is 9.84. The highest BCUT2D eigenvalue weighted by atomic mass is 32.2. The Morgan fingerprint density at radius 1 is 0.797 bits per heavy atom. The van der Waals surface area contributed by atoms with Crippen LogP contribution in [0.15, 0.2) is 136 Å². The molecule has 1 aliphatic heterocycles. The van der Waals surface area contributed by atoms with E-state index in [9.17, 15) is 48.0 Å². The minimum Gasteiger partial charge on any atom is -0.381 e. The van der Waals surface area contributed by atoms with Gasteiger partial charge in [0.05, 0.1) is 16.1 Å². The molecule has 59 heavy (non-hydrogen) atoms. The summed E-state index contributed by atoms with van der Waals surface area (Å²) in [4.78, 5) is 13.9. The second-order valence-corrected chi connectivity index (χ2v) is 18.8. The van der Waals surface area contributed by atoms with Gasteiger partial charge in [-0.3, -0.25) is 4.79 Å². The van der Waals surface area contributed by atoms with Gasteiger partial charge in [0.2, 0.25) is 0 Å². The van der Waals surface area contributed by atoms with Crippen LogP contribution < -0.4 is 14.9 Å². The van der Waals surface area contributed by atoms with Crippen molar-refractivity contribution >= 4 is 48.9 Å². The van der Waals surface area contributed by atoms with Crippen LogP contribution in [-0.2, 0) is 32.5 Å². The zero-order chi connectivity index (χ0) is 42.6. The molecule has 0 saturated carbocycles. The van der Waals surface area contributed by atoms with Crippen molar-refractivity contribution < 1.29 is 48.0 Å². The number of anilines is 2. The molecule has 0 radical (unpaired) electrons. The number of sulfonamides is 1. The topological polar surface area (TPSA) is 113 Å². The third-order valence-corrected chi connectivity index (χ3v) is 14.0. The van der Waals surface area contributed by atoms with E-state index in [1.165, 1.54) is 36.0 Å². The predicted molar refractivity (Wildman–Crippen MR) is 217 cm³/mol. The van der Waals surface area contributed by atoms with E-state index < -0.39 is 64.5 Å². The van der Waals surface area contributed by atoms with Crippen LogP contribution >= 0.6 is 11.8 Å². The lowest BCUT2D eigenvalue weighted by Gasteiger charge is -2.34. The molecule has 2 N–H and O–H groups in total. The Kier molecular flexibility index (Phi) is 13.1. The van der Waals surface area contributed by atoms with Gasteiger partial charge in [-0.15, -0.1) is 11.8 Å². The van der Waals surface area contributed by atoms with Crippen molar-refractivity contribution in [1.82, 2.24) is 4.72 Å². The number of benzene rings is 5. The number of halogens is 6. The van der Waals surface area contributed by atoms with Crippen molar-refractivity contribution in [1.29, 1.82) is 0 Å². The van der Waals surface area contributed by atoms with Gasteiger partial charge in [-0.05, 0) is 116 Å². The molecule has 0 unspecified atom stereocenters. The van der Waals surface area contributed by atoms with Crippen molar-refractivity contribution in [3.05, 3.63) is 138 Å². The van der Waals surface area contributed by atoms with Crippen molar-refractivity contribution in [2.45, 2.75) is 58.6 Å². The Morgan fingerprint density at radius 2 is 1.42 bits per heavy atom. The first-order valence-corrected chi connectivity index (χ1v) is 22.3. The molecule has 1 saturated heterocycles. The number of carbonyl (C=O) groups excluding carboxylic acids is 1. The van der Waals surface area contributed by atoms with Gasteiger partial charge in [-0.2, -0.15) is 26.3 Å². The highest BCUT2D eigenvalue weighted by Gasteiger charge is 2.48. The van der Waals surface area contributed by atoms with Gasteiger partial charge in [0.15, 0.2) is 0 Å². The molecule has 5 aromatic rings. The first-order chi connectivity index (χ1) is 27.8. The number of hydrogen-bond acceptors (Lipinski definition) is 8. The van der Waals surface area contributed by atoms with Crippen molar-refractivity contribution in [3.8, 4) is 11.1 Å². The van der Waals surface area contributed by atoms with E-state index in [2.05, 4.69) is 10.2 Å². The third kappa shape index (κ3) is 10.6. The van der Waals surface area contributed by atoms with Crippen LogP contribution in [0.2, 0.25) is 0 Å². The summed E-state index contributed by atoms with van der Waals surface area (Å²) in [5.41, 5.74) is -3.57. The van der Waals surface area contributed by atoms with E-state index in [0.29, 0.717) is 36.4 Å². The second kappa shape index (κ2) is 17.7. The zero-order valence-electron chi connectivity index (χ0n) is 31.4. The molecule has 8 nitrogen and oxygen atoms in total. The van der Waals surface area contributed by atoms with Gasteiger partial charge in [-0.1, -0.05) is 54.6 Å². The largest absolute Gasteiger partial charge is 0.501 e. The van der Waals surface area contributed by atoms with E-state index in [1.807, 2.05) is 59.3 Å². The summed E-state index contributed by atoms with van der Waals surface area (Å²) < 4.78 is 134. The summed E-state index contributed by atoms with van der Waals surface area (Å²) in [6, 6.07) is 29.7. The van der Waals surface area contributed by atoms with E-state index >= 15 is 0 Å². The third-order valence-electron chi connectivity index (χ3n) is 9.89. The summed E-state index contributed by atoms with van der Waals surface area (Å²) in [6.07, 6.45) is -2.06. The first kappa shape index (κ1) is 43.6. The maximum Gasteiger partial charge on any atom is 0.501 e. The highest BCUT2D eigenvalue weighted by Crippen LogP contribution is 2.37. The minimum absolute atomic E-state index is 0.0572. The Hall–Kier alpha value is -5.00. The Morgan fingerprint density at radius 3 is 2.05 bits per heavy atom. The highest BCUT2D eigenvalue weighted by molar-refractivity contribution is 7.99. The zero-order valence-corrected chi connectivity index (χ0v) is 33.9. The summed E-state index contributed by atoms with van der Waals surface area (Å²) in [6.45, 7) is 2.98. The average molecular weight is 876 g/mol. The molecule has 17 heteroatoms. The lowest BCUT2D eigenvalue weighted by atomic mass is 9.86. The summed E-state index contributed by atoms with van der Waals surface area (Å²) >= 11 is 1.38. The number of nitrogens with one attached hydrogen (secondary N) is 2. The lowest BCUT2D eigenvalue weighted by Crippen LogP contribution is -2.34. The van der Waals surface area contributed by atoms with Crippen LogP contribution in [0.3, 0.4) is 0 Å². The fourth-order valence-electron chi connectivity index (χ4n) is 6.77. The lowest BCUT2D eigenvalue weighted by molar-refractivity contribution is -0.137. The SMILES string of the molecule is C[C@H](CSc1ccccc1)Nc1ccc(S(=O)(=O)NC(=O)c2ccc(N3CCC(Cc4ccccc4-c4ccc(C(F)(F)F)cc4)CC3)cc2)cc1S(=O)(=O)C(F)(F)F. The van der Waals surface area contributed by atoms with Gasteiger partial charge in [0.1, 0.15) is 4.90 Å². The normalized spacial score (nSPS) is 14.8. The van der Waals surface area contributed by atoms with Crippen LogP contribution in [0.25, 0.3) is 11.1 Å². The van der Waals surface area contributed by atoms with E-state index in [4.69, 9.17) is 0 Å². The van der Waals surface area contributed by atoms with Crippen LogP contribution in [0.4, 0.5) is 37.7 Å². The molecule has 1 heterocycles. The molecular weight excluding hydrogens is 837 g/mol. The molecule has 0 spiro atoms. The van der Waals surface area contributed by atoms with E-state index in [-0.39, 0.29) is 5.56 Å². The molecule has 0 aliphatic carbocycles. The Bertz CT molecular complexity index is 2480. The number of piperidine rings is 1. The van der Waals surface area contributed by atoms with Crippen molar-refractivity contribution in [2.75, 3.05) is 29.1 Å². The summed E-state index contributed by atoms with van der Waals surface area (Å²) in [7, 11) is -10.9. The molecule has 0 aromatic heterocycles. The first-order valence-electron chi connectivity index (χ1n) is 18.4. The van der Waals surface area contributed by atoms with Crippen molar-refractivity contribution in [2.24, 2.45) is 5.92 Å². The maximum atomic E-state index is 13.8. The molecule has 0 bridgehead atoms. The number of sulfone groups is 1. The number of rotatable bonds is 13. The second-order valence-electron chi connectivity index (χ2n) is 14.1. The van der Waals surface area contributed by atoms with E-state index in [1.54, 1.807) is 19.1 Å². The van der Waals surface area contributed by atoms with Gasteiger partial charge >= 0.3 is 11.7 Å². The van der Waals surface area contributed by atoms with Crippen molar-refractivity contribution in [3.63, 3.8) is 0 Å². The number of carbonyl (C=O) groups is 1. The monoisotopic (exact) mass is 875 g/mol. The van der Waals surface area contributed by atoms with Gasteiger partial charge in [0.25, 0.3) is 25.8 Å². The van der Waals surface area contributed by atoms with Gasteiger partial charge < -0.3 is 10.2 Å². The number of thioether (sulfide) groups is 1. The molecule has 1 aliphatic rings. The van der Waals surface area contributed by atoms with Gasteiger partial charge in [0, 0.05) is 41.0 Å². The molecule has 6 rings (SSSR count). The van der Waals surface area contributed by atoms with Crippen LogP contribution in [0, 0.1) is 5.92 Å². The molecular formula is C42H39F6N3O5S3. The fraction of sp³-hybridized carbons (Fsp3) is 0.262. The van der Waals surface area contributed by atoms with Crippen LogP contribution in [-0.4, -0.2) is 53.1 Å². The summed E-state index contributed by atoms with van der Waals surface area (Å²) in [5.74, 6) is -0.430. The molecule has 1 fully saturated rings. The molecule has 5 aromatic carbocycles. The summed E-state index contributed by atoms with van der Waals surface area (Å²) in [5, 5.41) is 2.75. The molecule has 1 amide bonds. The average Bonchev–Trinajstić information content (AvgIpc) is 3.20. The van der Waals surface area contributed by atoms with E-state index in [0.717, 1.165) is 65.2 Å².